The minimum absolute atomic E-state index is 0.0113. The molecule has 180 valence electrons. The van der Waals surface area contributed by atoms with E-state index in [0.29, 0.717) is 0 Å². The van der Waals surface area contributed by atoms with Crippen molar-refractivity contribution in [3.05, 3.63) is 59.7 Å². The highest BCUT2D eigenvalue weighted by atomic mass is 16.6. The second-order valence-electron chi connectivity index (χ2n) is 9.38. The van der Waals surface area contributed by atoms with Crippen LogP contribution in [-0.4, -0.2) is 46.4 Å². The van der Waals surface area contributed by atoms with E-state index in [9.17, 15) is 19.8 Å². The van der Waals surface area contributed by atoms with E-state index < -0.39 is 35.0 Å². The van der Waals surface area contributed by atoms with Gasteiger partial charge in [0, 0.05) is 5.41 Å². The Morgan fingerprint density at radius 3 is 1.61 bits per heavy atom. The average Bonchev–Trinajstić information content (AvgIpc) is 2.74. The Balaban J connectivity index is 1.90. The minimum Gasteiger partial charge on any atom is -0.508 e. The normalized spacial score (nSPS) is 13.8. The summed E-state index contributed by atoms with van der Waals surface area (Å²) in [5.41, 5.74) is 11.9. The van der Waals surface area contributed by atoms with Crippen molar-refractivity contribution in [3.63, 3.8) is 0 Å². The predicted molar refractivity (Wildman–Crippen MR) is 124 cm³/mol. The summed E-state index contributed by atoms with van der Waals surface area (Å²) in [5.74, 6) is -0.870. The Morgan fingerprint density at radius 2 is 1.18 bits per heavy atom. The summed E-state index contributed by atoms with van der Waals surface area (Å²) in [5, 5.41) is 18.7. The molecular formula is C25H34N2O6. The summed E-state index contributed by atoms with van der Waals surface area (Å²) >= 11 is 0. The van der Waals surface area contributed by atoms with Crippen molar-refractivity contribution in [2.75, 3.05) is 6.61 Å². The molecule has 8 nitrogen and oxygen atoms in total. The van der Waals surface area contributed by atoms with Crippen LogP contribution in [0.2, 0.25) is 0 Å². The molecule has 0 spiro atoms. The number of rotatable bonds is 10. The Kier molecular flexibility index (Phi) is 8.46. The van der Waals surface area contributed by atoms with Gasteiger partial charge in [-0.25, -0.2) is 0 Å². The molecule has 8 heteroatoms. The van der Waals surface area contributed by atoms with Crippen molar-refractivity contribution >= 4 is 11.9 Å². The summed E-state index contributed by atoms with van der Waals surface area (Å²) in [4.78, 5) is 25.0. The number of aromatic hydroxyl groups is 2. The lowest BCUT2D eigenvalue weighted by Crippen LogP contribution is -2.50. The summed E-state index contributed by atoms with van der Waals surface area (Å²) in [6.07, 6.45) is 0.529. The number of carbonyl (C=O) groups excluding carboxylic acids is 2. The van der Waals surface area contributed by atoms with Crippen LogP contribution in [0.1, 0.15) is 38.8 Å². The molecule has 2 rings (SSSR count). The van der Waals surface area contributed by atoms with Gasteiger partial charge in [0.1, 0.15) is 35.8 Å². The highest BCUT2D eigenvalue weighted by Gasteiger charge is 2.42. The molecular weight excluding hydrogens is 424 g/mol. The Hall–Kier alpha value is -3.10. The topological polar surface area (TPSA) is 145 Å². The average molecular weight is 459 g/mol. The number of ether oxygens (including phenoxy) is 2. The number of phenols is 2. The molecule has 0 radical (unpaired) electrons. The molecule has 0 saturated heterocycles. The summed E-state index contributed by atoms with van der Waals surface area (Å²) in [6.45, 7) is 7.11. The molecule has 0 amide bonds. The maximum atomic E-state index is 12.6. The van der Waals surface area contributed by atoms with Crippen LogP contribution in [0.15, 0.2) is 48.5 Å². The molecule has 2 aromatic rings. The van der Waals surface area contributed by atoms with E-state index >= 15 is 0 Å². The van der Waals surface area contributed by atoms with Gasteiger partial charge in [-0.05, 0) is 62.1 Å². The minimum atomic E-state index is -0.988. The van der Waals surface area contributed by atoms with Crippen LogP contribution < -0.4 is 11.5 Å². The fourth-order valence-corrected chi connectivity index (χ4v) is 2.94. The first-order valence-corrected chi connectivity index (χ1v) is 10.8. The third-order valence-electron chi connectivity index (χ3n) is 5.95. The van der Waals surface area contributed by atoms with Gasteiger partial charge >= 0.3 is 11.9 Å². The molecule has 2 atom stereocenters. The van der Waals surface area contributed by atoms with Gasteiger partial charge in [-0.2, -0.15) is 0 Å². The van der Waals surface area contributed by atoms with Crippen molar-refractivity contribution < 1.29 is 29.3 Å². The first-order valence-electron chi connectivity index (χ1n) is 10.8. The van der Waals surface area contributed by atoms with Crippen molar-refractivity contribution in [1.82, 2.24) is 0 Å². The second kappa shape index (κ2) is 10.7. The van der Waals surface area contributed by atoms with Crippen LogP contribution in [-0.2, 0) is 31.9 Å². The van der Waals surface area contributed by atoms with Gasteiger partial charge in [-0.1, -0.05) is 38.1 Å². The molecule has 0 aliphatic rings. The van der Waals surface area contributed by atoms with E-state index in [2.05, 4.69) is 0 Å². The standard InChI is InChI=1S/C25H34N2O6/c1-24(2,15-32-22(30)20(26)13-16-5-9-18(28)10-6-16)25(3,4)33-23(31)21(27)14-17-7-11-19(29)12-8-17/h5-12,20-21,28-29H,13-15,26-27H2,1-4H3. The van der Waals surface area contributed by atoms with Crippen LogP contribution in [0.3, 0.4) is 0 Å². The number of phenolic OH excluding ortho intramolecular Hbond substituents is 2. The van der Waals surface area contributed by atoms with Gasteiger partial charge in [-0.15, -0.1) is 0 Å². The van der Waals surface area contributed by atoms with Crippen LogP contribution in [0, 0.1) is 5.41 Å². The first-order chi connectivity index (χ1) is 15.3. The van der Waals surface area contributed by atoms with Crippen molar-refractivity contribution in [3.8, 4) is 11.5 Å². The smallest absolute Gasteiger partial charge is 0.323 e. The SMILES string of the molecule is CC(C)(COC(=O)C(N)Cc1ccc(O)cc1)C(C)(C)OC(=O)C(N)Cc1ccc(O)cc1. The highest BCUT2D eigenvalue weighted by molar-refractivity contribution is 5.77. The van der Waals surface area contributed by atoms with Gasteiger partial charge in [0.15, 0.2) is 0 Å². The molecule has 0 fully saturated rings. The monoisotopic (exact) mass is 458 g/mol. The molecule has 6 N–H and O–H groups in total. The predicted octanol–water partition coefficient (Wildman–Crippen LogP) is 2.43. The number of nitrogens with two attached hydrogens (primary N) is 2. The number of esters is 2. The molecule has 0 aromatic heterocycles. The van der Waals surface area contributed by atoms with E-state index in [-0.39, 0.29) is 30.9 Å². The molecule has 2 unspecified atom stereocenters. The second-order valence-corrected chi connectivity index (χ2v) is 9.38. The lowest BCUT2D eigenvalue weighted by Gasteiger charge is -2.40. The summed E-state index contributed by atoms with van der Waals surface area (Å²) in [7, 11) is 0. The largest absolute Gasteiger partial charge is 0.508 e. The van der Waals surface area contributed by atoms with E-state index in [1.807, 2.05) is 13.8 Å². The Morgan fingerprint density at radius 1 is 0.788 bits per heavy atom. The summed E-state index contributed by atoms with van der Waals surface area (Å²) in [6, 6.07) is 11.1. The number of hydrogen-bond donors (Lipinski definition) is 4. The molecule has 2 aromatic carbocycles. The van der Waals surface area contributed by atoms with Gasteiger partial charge < -0.3 is 31.2 Å². The number of hydrogen-bond acceptors (Lipinski definition) is 8. The lowest BCUT2D eigenvalue weighted by molar-refractivity contribution is -0.177. The third kappa shape index (κ3) is 7.47. The zero-order valence-electron chi connectivity index (χ0n) is 19.6. The molecule has 33 heavy (non-hydrogen) atoms. The maximum Gasteiger partial charge on any atom is 0.323 e. The highest BCUT2D eigenvalue weighted by Crippen LogP contribution is 2.34. The van der Waals surface area contributed by atoms with E-state index in [4.69, 9.17) is 20.9 Å². The van der Waals surface area contributed by atoms with Crippen LogP contribution in [0.5, 0.6) is 11.5 Å². The van der Waals surface area contributed by atoms with Crippen molar-refractivity contribution in [2.45, 2.75) is 58.2 Å². The zero-order chi connectivity index (χ0) is 24.8. The van der Waals surface area contributed by atoms with E-state index in [1.165, 1.54) is 24.3 Å². The van der Waals surface area contributed by atoms with Crippen LogP contribution in [0.4, 0.5) is 0 Å². The maximum absolute atomic E-state index is 12.6. The van der Waals surface area contributed by atoms with Gasteiger partial charge in [0.2, 0.25) is 0 Å². The Labute approximate surface area is 194 Å². The van der Waals surface area contributed by atoms with Crippen LogP contribution >= 0.6 is 0 Å². The van der Waals surface area contributed by atoms with E-state index in [0.717, 1.165) is 11.1 Å². The zero-order valence-corrected chi connectivity index (χ0v) is 19.6. The fourth-order valence-electron chi connectivity index (χ4n) is 2.94. The van der Waals surface area contributed by atoms with E-state index in [1.54, 1.807) is 38.1 Å². The van der Waals surface area contributed by atoms with Crippen LogP contribution in [0.25, 0.3) is 0 Å². The van der Waals surface area contributed by atoms with Crippen molar-refractivity contribution in [1.29, 1.82) is 0 Å². The third-order valence-corrected chi connectivity index (χ3v) is 5.95. The molecule has 0 aliphatic heterocycles. The van der Waals surface area contributed by atoms with Crippen molar-refractivity contribution in [2.24, 2.45) is 16.9 Å². The van der Waals surface area contributed by atoms with Gasteiger partial charge in [-0.3, -0.25) is 9.59 Å². The molecule has 0 saturated carbocycles. The lowest BCUT2D eigenvalue weighted by atomic mass is 9.77. The summed E-state index contributed by atoms with van der Waals surface area (Å²) < 4.78 is 11.1. The fraction of sp³-hybridized carbons (Fsp3) is 0.440. The molecule has 0 heterocycles. The quantitative estimate of drug-likeness (QED) is 0.397. The van der Waals surface area contributed by atoms with Gasteiger partial charge in [0.05, 0.1) is 0 Å². The first kappa shape index (κ1) is 26.2. The van der Waals surface area contributed by atoms with Gasteiger partial charge in [0.25, 0.3) is 0 Å². The number of carbonyl (C=O) groups is 2. The molecule has 0 bridgehead atoms. The number of benzene rings is 2. The molecule has 0 aliphatic carbocycles. The Bertz CT molecular complexity index is 938.